The van der Waals surface area contributed by atoms with Crippen LogP contribution in [0.3, 0.4) is 0 Å². The number of aromatic nitrogens is 4. The van der Waals surface area contributed by atoms with Gasteiger partial charge in [0.15, 0.2) is 140 Å². The van der Waals surface area contributed by atoms with E-state index in [1.165, 1.54) is 0 Å². The van der Waals surface area contributed by atoms with Gasteiger partial charge in [-0.25, -0.2) is 132 Å². The number of halogens is 30. The first-order valence-electron chi connectivity index (χ1n) is 34.5. The lowest BCUT2D eigenvalue weighted by molar-refractivity contribution is 0.350. The summed E-state index contributed by atoms with van der Waals surface area (Å²) in [6, 6.07) is 3.17. The third-order valence-electron chi connectivity index (χ3n) is 21.1. The highest BCUT2D eigenvalue weighted by Crippen LogP contribution is 2.48. The van der Waals surface area contributed by atoms with Crippen molar-refractivity contribution in [2.45, 2.75) is 36.0 Å². The molecule has 7 aromatic carbocycles. The molecule has 0 saturated heterocycles. The molecule has 20 bridgehead atoms. The van der Waals surface area contributed by atoms with Gasteiger partial charge < -0.3 is 41.2 Å². The zero-order chi connectivity index (χ0) is 85.6. The van der Waals surface area contributed by atoms with E-state index < -0.39 is 346 Å². The quantitative estimate of drug-likeness (QED) is 0.0482. The van der Waals surface area contributed by atoms with Crippen molar-refractivity contribution in [2.24, 2.45) is 0 Å². The number of rotatable bonds is 6. The molecule has 0 saturated carbocycles. The minimum Gasteiger partial charge on any atom is -0.378 e. The Bertz CT molecular complexity index is 5960. The molecule has 38 heteroatoms. The van der Waals surface area contributed by atoms with Crippen LogP contribution in [0.15, 0.2) is 144 Å². The zero-order valence-electron chi connectivity index (χ0n) is 58.4. The van der Waals surface area contributed by atoms with Crippen LogP contribution < -0.4 is 31.7 Å². The van der Waals surface area contributed by atoms with Crippen LogP contribution in [0.25, 0.3) is 33.4 Å². The second kappa shape index (κ2) is 28.6. The smallest absolute Gasteiger partial charge is 0.200 e. The molecule has 4 atom stereocenters. The lowest BCUT2D eigenvalue weighted by Crippen LogP contribution is -2.41. The Morgan fingerprint density at radius 3 is 0.492 bits per heavy atom. The maximum atomic E-state index is 16.9. The lowest BCUT2D eigenvalue weighted by atomic mass is 9.84. The zero-order valence-corrected chi connectivity index (χ0v) is 58.4. The van der Waals surface area contributed by atoms with Gasteiger partial charge in [-0.2, -0.15) is 0 Å². The van der Waals surface area contributed by atoms with E-state index in [1.54, 1.807) is 0 Å². The molecule has 4 unspecified atom stereocenters. The summed E-state index contributed by atoms with van der Waals surface area (Å²) in [5, 5.41) is 9.54. The molecule has 0 fully saturated rings. The van der Waals surface area contributed by atoms with Gasteiger partial charge in [0.25, 0.3) is 0 Å². The highest BCUT2D eigenvalue weighted by molar-refractivity contribution is 5.91. The summed E-state index contributed by atoms with van der Waals surface area (Å²) < 4.78 is 483. The first-order chi connectivity index (χ1) is 57.0. The largest absolute Gasteiger partial charge is 0.378 e. The molecule has 11 aromatic rings. The van der Waals surface area contributed by atoms with Crippen molar-refractivity contribution in [1.82, 2.24) is 41.2 Å². The molecule has 8 aliphatic rings. The molecule has 120 heavy (non-hydrogen) atoms. The molecule has 8 N–H and O–H groups in total. The van der Waals surface area contributed by atoms with Crippen molar-refractivity contribution in [3.05, 3.63) is 408 Å². The first-order valence-corrected chi connectivity index (χ1v) is 34.5. The van der Waals surface area contributed by atoms with Gasteiger partial charge in [0.05, 0.1) is 46.4 Å². The fourth-order valence-electron chi connectivity index (χ4n) is 15.8. The first kappa shape index (κ1) is 78.9. The minimum absolute atomic E-state index is 0.249. The van der Waals surface area contributed by atoms with Crippen LogP contribution in [0, 0.1) is 175 Å². The van der Waals surface area contributed by atoms with Gasteiger partial charge in [-0.3, -0.25) is 0 Å². The highest BCUT2D eigenvalue weighted by Gasteiger charge is 2.46. The van der Waals surface area contributed by atoms with Crippen LogP contribution in [0.5, 0.6) is 0 Å². The number of hydrogen-bond donors (Lipinski definition) is 8. The molecular formula is C82H34F30N8. The summed E-state index contributed by atoms with van der Waals surface area (Å²) >= 11 is 0. The molecule has 0 radical (unpaired) electrons. The van der Waals surface area contributed by atoms with Crippen LogP contribution in [-0.4, -0.2) is 44.1 Å². The monoisotopic (exact) mass is 1700 g/mol. The summed E-state index contributed by atoms with van der Waals surface area (Å²) in [6.07, 6.45) is 5.93. The van der Waals surface area contributed by atoms with Crippen LogP contribution >= 0.6 is 0 Å². The van der Waals surface area contributed by atoms with E-state index in [0.29, 0.717) is 0 Å². The van der Waals surface area contributed by atoms with Crippen molar-refractivity contribution in [3.63, 3.8) is 0 Å². The van der Waals surface area contributed by atoms with Crippen LogP contribution in [0.4, 0.5) is 132 Å². The van der Waals surface area contributed by atoms with E-state index in [2.05, 4.69) is 41.2 Å². The van der Waals surface area contributed by atoms with E-state index in [4.69, 9.17) is 0 Å². The van der Waals surface area contributed by atoms with Crippen LogP contribution in [-0.2, 0) is 0 Å². The Balaban J connectivity index is 1.02. The number of hydrogen-bond acceptors (Lipinski definition) is 4. The van der Waals surface area contributed by atoms with Gasteiger partial charge in [-0.1, -0.05) is 48.6 Å². The maximum Gasteiger partial charge on any atom is 0.200 e. The summed E-state index contributed by atoms with van der Waals surface area (Å²) in [4.78, 5) is 10.9. The number of H-pyrrole nitrogens is 4. The minimum atomic E-state index is -2.78. The van der Waals surface area contributed by atoms with E-state index in [1.807, 2.05) is 0 Å². The fraction of sp³-hybridized carbons (Fsp3) is 0.0732. The predicted molar refractivity (Wildman–Crippen MR) is 363 cm³/mol. The SMILES string of the molecule is Fc1c(F)c(F)c(C2=C3C=CC(N3)C(c3c(F)c(F)c(F)c(F)c3F)C3C=CC(=C(c4c(F)c(F)c(F)c(F)c4F)c4ccc([nH]4)C4=c5ccc(cc5)=C(c5ccc2[nH]5)c2ccc([nH]2)C(c2c(F)c(F)c(F)c(F)c2F)=C2C=CC(N2)C(c2c(F)c(F)c(F)c(F)c2F)C2C=CC(=C(c5c(F)c(F)c(F)c(F)c5F)c5ccc4[nH]5)N2)N3)c(F)c1F. The summed E-state index contributed by atoms with van der Waals surface area (Å²) in [5.74, 6) is -85.4. The molecule has 8 nitrogen and oxygen atoms in total. The van der Waals surface area contributed by atoms with E-state index in [9.17, 15) is 0 Å². The second-order valence-electron chi connectivity index (χ2n) is 27.5. The number of allylic oxidation sites excluding steroid dienone is 4. The third kappa shape index (κ3) is 11.7. The van der Waals surface area contributed by atoms with Crippen molar-refractivity contribution in [3.8, 4) is 0 Å². The standard InChI is InChI=1S/C82H34F30N8/c83-53-47(54(84)66(96)77(107)65(53)95)41-27-9-5-23(113-27)39-21-1-2-22(4-3-21)40(25-7-11-29(115-25)43(49-57(87)69(99)79(109)70(100)58(49)88)33-15-19-37(119-33)45(35-17-13-31(41)117-35)51-61(91)73(103)81(111)74(104)62(51)92)26-8-12-30(116-26)44(50-59(89)71(101)80(110)72(102)60(50)90)34-16-20-38(120-34)46(52-63(93)75(105)82(112)76(106)64(52)94)36-18-14-32(118-36)42(28-10-6-24(39)114-28)48-55(85)67(97)78(108)68(98)56(48)86/h1-20,35-38,45-46,113-120H. The number of aromatic amines is 4. The van der Waals surface area contributed by atoms with Crippen molar-refractivity contribution < 1.29 is 132 Å². The Hall–Kier alpha value is -13.6. The molecule has 12 heterocycles. The molecular weight excluding hydrogens is 1670 g/mol. The van der Waals surface area contributed by atoms with E-state index in [0.717, 1.165) is 121 Å². The van der Waals surface area contributed by atoms with Gasteiger partial charge in [0, 0.05) is 125 Å². The summed E-state index contributed by atoms with van der Waals surface area (Å²) in [7, 11) is 0. The number of nitrogens with one attached hydrogen (secondary N) is 8. The van der Waals surface area contributed by atoms with Crippen LogP contribution in [0.1, 0.15) is 90.8 Å². The average Bonchev–Trinajstić information content (AvgIpc) is 1.56. The lowest BCUT2D eigenvalue weighted by Gasteiger charge is -2.31. The topological polar surface area (TPSA) is 111 Å². The van der Waals surface area contributed by atoms with Gasteiger partial charge in [0.1, 0.15) is 0 Å². The van der Waals surface area contributed by atoms with Crippen molar-refractivity contribution in [2.75, 3.05) is 0 Å². The summed E-state index contributed by atoms with van der Waals surface area (Å²) in [6.45, 7) is 0. The predicted octanol–water partition coefficient (Wildman–Crippen LogP) is 18.4. The van der Waals surface area contributed by atoms with E-state index in [-0.39, 0.29) is 10.4 Å². The highest BCUT2D eigenvalue weighted by atomic mass is 19.2. The van der Waals surface area contributed by atoms with Crippen LogP contribution in [0.2, 0.25) is 0 Å². The molecule has 8 aliphatic heterocycles. The molecule has 4 aromatic heterocycles. The summed E-state index contributed by atoms with van der Waals surface area (Å²) in [5.41, 5.74) is -25.6. The molecule has 19 rings (SSSR count). The molecule has 0 aliphatic carbocycles. The van der Waals surface area contributed by atoms with Gasteiger partial charge in [0.2, 0.25) is 34.9 Å². The van der Waals surface area contributed by atoms with Gasteiger partial charge in [-0.05, 0) is 83.3 Å². The van der Waals surface area contributed by atoms with Gasteiger partial charge in [-0.15, -0.1) is 0 Å². The molecule has 612 valence electrons. The third-order valence-corrected chi connectivity index (χ3v) is 21.1. The normalized spacial score (nSPS) is 18.7. The Labute approximate surface area is 648 Å². The van der Waals surface area contributed by atoms with Gasteiger partial charge >= 0.3 is 0 Å². The fourth-order valence-corrected chi connectivity index (χ4v) is 15.8. The Morgan fingerprint density at radius 2 is 0.317 bits per heavy atom. The average molecular weight is 1700 g/mol. The maximum absolute atomic E-state index is 16.9. The van der Waals surface area contributed by atoms with Crippen molar-refractivity contribution in [1.29, 1.82) is 0 Å². The van der Waals surface area contributed by atoms with E-state index >= 15 is 132 Å². The second-order valence-corrected chi connectivity index (χ2v) is 27.5. The van der Waals surface area contributed by atoms with Crippen molar-refractivity contribution >= 4 is 33.4 Å². The molecule has 0 spiro atoms. The number of benzene rings is 7. The Kier molecular flexibility index (Phi) is 18.8. The molecule has 0 amide bonds. The Morgan fingerprint density at radius 1 is 0.167 bits per heavy atom.